The van der Waals surface area contributed by atoms with Crippen molar-refractivity contribution in [2.45, 2.75) is 12.8 Å². The first-order valence-corrected chi connectivity index (χ1v) is 6.39. The number of nitrogens with one attached hydrogen (secondary N) is 1. The van der Waals surface area contributed by atoms with Gasteiger partial charge in [0.15, 0.2) is 5.78 Å². The number of carbonyl (C=O) groups is 3. The van der Waals surface area contributed by atoms with Crippen LogP contribution in [0.25, 0.3) is 0 Å². The molecule has 0 unspecified atom stereocenters. The van der Waals surface area contributed by atoms with E-state index in [9.17, 15) is 18.8 Å². The third kappa shape index (κ3) is 3.63. The van der Waals surface area contributed by atoms with Crippen LogP contribution in [0.3, 0.4) is 0 Å². The molecule has 1 heterocycles. The Kier molecular flexibility index (Phi) is 4.45. The van der Waals surface area contributed by atoms with Crippen molar-refractivity contribution in [1.82, 2.24) is 10.2 Å². The molecule has 1 N–H and O–H groups in total. The zero-order valence-corrected chi connectivity index (χ0v) is 10.9. The third-order valence-electron chi connectivity index (χ3n) is 3.12. The van der Waals surface area contributed by atoms with Crippen molar-refractivity contribution >= 4 is 17.6 Å². The minimum atomic E-state index is -0.406. The molecule has 20 heavy (non-hydrogen) atoms. The van der Waals surface area contributed by atoms with Crippen molar-refractivity contribution < 1.29 is 18.8 Å². The zero-order chi connectivity index (χ0) is 14.5. The Hall–Kier alpha value is -2.24. The fourth-order valence-corrected chi connectivity index (χ4v) is 2.01. The van der Waals surface area contributed by atoms with Crippen LogP contribution in [-0.2, 0) is 9.59 Å². The summed E-state index contributed by atoms with van der Waals surface area (Å²) in [6, 6.07) is 5.22. The van der Waals surface area contributed by atoms with Crippen molar-refractivity contribution in [1.29, 1.82) is 0 Å². The van der Waals surface area contributed by atoms with Gasteiger partial charge in [-0.3, -0.25) is 14.4 Å². The maximum absolute atomic E-state index is 12.7. The Morgan fingerprint density at radius 1 is 1.20 bits per heavy atom. The number of carbonyl (C=O) groups excluding carboxylic acids is 3. The predicted molar refractivity (Wildman–Crippen MR) is 69.6 cm³/mol. The number of nitrogens with zero attached hydrogens (tertiary/aromatic N) is 1. The van der Waals surface area contributed by atoms with Gasteiger partial charge in [-0.1, -0.05) is 0 Å². The van der Waals surface area contributed by atoms with E-state index in [1.165, 1.54) is 29.2 Å². The number of hydrogen-bond donors (Lipinski definition) is 1. The average molecular weight is 278 g/mol. The van der Waals surface area contributed by atoms with Crippen molar-refractivity contribution in [2.75, 3.05) is 19.6 Å². The van der Waals surface area contributed by atoms with E-state index in [1.54, 1.807) is 0 Å². The van der Waals surface area contributed by atoms with Crippen LogP contribution in [0.1, 0.15) is 23.2 Å². The molecule has 1 aromatic rings. The number of amides is 2. The lowest BCUT2D eigenvalue weighted by atomic mass is 10.1. The van der Waals surface area contributed by atoms with Crippen LogP contribution in [0.15, 0.2) is 24.3 Å². The fraction of sp³-hybridized carbons (Fsp3) is 0.357. The highest BCUT2D eigenvalue weighted by Crippen LogP contribution is 2.09. The number of hydrogen-bond acceptors (Lipinski definition) is 3. The van der Waals surface area contributed by atoms with Crippen LogP contribution < -0.4 is 5.32 Å². The highest BCUT2D eigenvalue weighted by atomic mass is 19.1. The van der Waals surface area contributed by atoms with E-state index < -0.39 is 5.82 Å². The van der Waals surface area contributed by atoms with Gasteiger partial charge >= 0.3 is 0 Å². The van der Waals surface area contributed by atoms with Crippen molar-refractivity contribution in [3.63, 3.8) is 0 Å². The number of piperazine rings is 1. The molecule has 1 aromatic carbocycles. The van der Waals surface area contributed by atoms with Crippen LogP contribution in [0.4, 0.5) is 4.39 Å². The molecule has 1 aliphatic heterocycles. The molecular formula is C14H15FN2O3. The van der Waals surface area contributed by atoms with Crippen molar-refractivity contribution in [3.05, 3.63) is 35.6 Å². The predicted octanol–water partition coefficient (Wildman–Crippen LogP) is 0.747. The van der Waals surface area contributed by atoms with E-state index in [1.807, 2.05) is 0 Å². The molecule has 1 aliphatic rings. The monoisotopic (exact) mass is 278 g/mol. The largest absolute Gasteiger partial charge is 0.353 e. The van der Waals surface area contributed by atoms with Gasteiger partial charge in [0, 0.05) is 31.5 Å². The van der Waals surface area contributed by atoms with Gasteiger partial charge in [-0.15, -0.1) is 0 Å². The lowest BCUT2D eigenvalue weighted by Gasteiger charge is -2.26. The number of benzene rings is 1. The molecule has 0 aliphatic carbocycles. The first-order chi connectivity index (χ1) is 9.56. The second kappa shape index (κ2) is 6.27. The summed E-state index contributed by atoms with van der Waals surface area (Å²) in [5, 5.41) is 2.63. The maximum Gasteiger partial charge on any atom is 0.239 e. The van der Waals surface area contributed by atoms with Gasteiger partial charge < -0.3 is 10.2 Å². The molecule has 0 bridgehead atoms. The second-order valence-electron chi connectivity index (χ2n) is 4.60. The summed E-state index contributed by atoms with van der Waals surface area (Å²) in [5.41, 5.74) is 0.385. The van der Waals surface area contributed by atoms with E-state index in [2.05, 4.69) is 5.32 Å². The fourth-order valence-electron chi connectivity index (χ4n) is 2.01. The summed E-state index contributed by atoms with van der Waals surface area (Å²) < 4.78 is 12.7. The number of ketones is 1. The molecule has 2 rings (SSSR count). The third-order valence-corrected chi connectivity index (χ3v) is 3.12. The molecule has 1 saturated heterocycles. The first-order valence-electron chi connectivity index (χ1n) is 6.39. The summed E-state index contributed by atoms with van der Waals surface area (Å²) >= 11 is 0. The van der Waals surface area contributed by atoms with Gasteiger partial charge in [-0.25, -0.2) is 4.39 Å². The average Bonchev–Trinajstić information content (AvgIpc) is 2.45. The van der Waals surface area contributed by atoms with E-state index in [4.69, 9.17) is 0 Å². The molecule has 1 fully saturated rings. The summed E-state index contributed by atoms with van der Waals surface area (Å²) in [4.78, 5) is 36.3. The Labute approximate surface area is 115 Å². The Morgan fingerprint density at radius 2 is 1.90 bits per heavy atom. The van der Waals surface area contributed by atoms with Gasteiger partial charge in [0.05, 0.1) is 6.54 Å². The second-order valence-corrected chi connectivity index (χ2v) is 4.60. The zero-order valence-electron chi connectivity index (χ0n) is 10.9. The molecular weight excluding hydrogens is 263 g/mol. The number of rotatable bonds is 4. The number of Topliss-reactive ketones (excluding diaryl/α,β-unsaturated/α-hetero) is 1. The lowest BCUT2D eigenvalue weighted by Crippen LogP contribution is -2.50. The smallest absolute Gasteiger partial charge is 0.239 e. The molecule has 106 valence electrons. The summed E-state index contributed by atoms with van der Waals surface area (Å²) in [6.07, 6.45) is 0.117. The van der Waals surface area contributed by atoms with E-state index >= 15 is 0 Å². The molecule has 0 spiro atoms. The standard InChI is InChI=1S/C14H15FN2O3/c15-11-3-1-10(2-4-11)12(18)5-6-14(20)17-8-7-16-13(19)9-17/h1-4H,5-9H2,(H,16,19). The van der Waals surface area contributed by atoms with Crippen LogP contribution in [0.5, 0.6) is 0 Å². The quantitative estimate of drug-likeness (QED) is 0.826. The SMILES string of the molecule is O=C1CN(C(=O)CCC(=O)c2ccc(F)cc2)CCN1. The summed E-state index contributed by atoms with van der Waals surface area (Å²) in [7, 11) is 0. The van der Waals surface area contributed by atoms with Gasteiger partial charge in [0.25, 0.3) is 0 Å². The minimum absolute atomic E-state index is 0.0452. The van der Waals surface area contributed by atoms with E-state index in [-0.39, 0.29) is 37.0 Å². The normalized spacial score (nSPS) is 14.8. The summed E-state index contributed by atoms with van der Waals surface area (Å²) in [5.74, 6) is -1.01. The molecule has 0 atom stereocenters. The van der Waals surface area contributed by atoms with Crippen molar-refractivity contribution in [3.8, 4) is 0 Å². The Balaban J connectivity index is 1.85. The van der Waals surface area contributed by atoms with Gasteiger partial charge in [-0.05, 0) is 24.3 Å². The Bertz CT molecular complexity index is 528. The molecule has 0 saturated carbocycles. The van der Waals surface area contributed by atoms with Crippen LogP contribution in [0.2, 0.25) is 0 Å². The topological polar surface area (TPSA) is 66.5 Å². The molecule has 0 radical (unpaired) electrons. The lowest BCUT2D eigenvalue weighted by molar-refractivity contribution is -0.138. The minimum Gasteiger partial charge on any atom is -0.353 e. The molecule has 2 amide bonds. The maximum atomic E-state index is 12.7. The van der Waals surface area contributed by atoms with Gasteiger partial charge in [-0.2, -0.15) is 0 Å². The Morgan fingerprint density at radius 3 is 2.55 bits per heavy atom. The van der Waals surface area contributed by atoms with Crippen LogP contribution in [0, 0.1) is 5.82 Å². The molecule has 5 nitrogen and oxygen atoms in total. The molecule has 0 aromatic heterocycles. The van der Waals surface area contributed by atoms with Gasteiger partial charge in [0.2, 0.25) is 11.8 Å². The summed E-state index contributed by atoms with van der Waals surface area (Å²) in [6.45, 7) is 0.954. The van der Waals surface area contributed by atoms with Crippen LogP contribution >= 0.6 is 0 Å². The van der Waals surface area contributed by atoms with Gasteiger partial charge in [0.1, 0.15) is 5.82 Å². The molecule has 6 heteroatoms. The first kappa shape index (κ1) is 14.2. The van der Waals surface area contributed by atoms with Crippen molar-refractivity contribution in [2.24, 2.45) is 0 Å². The van der Waals surface area contributed by atoms with Crippen LogP contribution in [-0.4, -0.2) is 42.1 Å². The van der Waals surface area contributed by atoms with E-state index in [0.717, 1.165) is 0 Å². The number of halogens is 1. The highest BCUT2D eigenvalue weighted by molar-refractivity contribution is 5.98. The highest BCUT2D eigenvalue weighted by Gasteiger charge is 2.21. The van der Waals surface area contributed by atoms with E-state index in [0.29, 0.717) is 18.7 Å².